The molecule has 1 atom stereocenters. The first-order valence-corrected chi connectivity index (χ1v) is 13.7. The summed E-state index contributed by atoms with van der Waals surface area (Å²) >= 11 is 0. The predicted octanol–water partition coefficient (Wildman–Crippen LogP) is 5.87. The number of nitro groups is 1. The number of rotatable bonds is 7. The van der Waals surface area contributed by atoms with Crippen molar-refractivity contribution in [3.05, 3.63) is 58.1 Å². The number of hydrogen-bond donors (Lipinski definition) is 0. The Labute approximate surface area is 186 Å². The highest BCUT2D eigenvalue weighted by Gasteiger charge is 2.40. The van der Waals surface area contributed by atoms with Crippen molar-refractivity contribution in [3.63, 3.8) is 0 Å². The van der Waals surface area contributed by atoms with E-state index in [1.165, 1.54) is 6.07 Å². The maximum Gasteiger partial charge on any atom is 0.270 e. The molecule has 1 heterocycles. The van der Waals surface area contributed by atoms with Crippen molar-refractivity contribution in [2.45, 2.75) is 58.0 Å². The fourth-order valence-electron chi connectivity index (χ4n) is 3.75. The minimum atomic E-state index is -1.77. The Morgan fingerprint density at radius 1 is 1.19 bits per heavy atom. The van der Waals surface area contributed by atoms with Crippen LogP contribution in [-0.2, 0) is 11.0 Å². The topological polar surface area (TPSA) is 64.8 Å². The number of ether oxygens (including phenoxy) is 1. The van der Waals surface area contributed by atoms with Crippen molar-refractivity contribution in [1.82, 2.24) is 4.90 Å². The summed E-state index contributed by atoms with van der Waals surface area (Å²) < 4.78 is 12.1. The van der Waals surface area contributed by atoms with Crippen molar-refractivity contribution in [3.8, 4) is 16.9 Å². The van der Waals surface area contributed by atoms with Crippen LogP contribution >= 0.6 is 0 Å². The van der Waals surface area contributed by atoms with Gasteiger partial charge in [-0.2, -0.15) is 0 Å². The number of benzene rings is 2. The molecule has 1 saturated heterocycles. The molecule has 1 aliphatic rings. The number of nitro benzene ring substituents is 1. The molecule has 0 saturated carbocycles. The molecule has 0 spiro atoms. The molecule has 0 aliphatic carbocycles. The molecule has 1 aliphatic heterocycles. The molecule has 2 aromatic carbocycles. The lowest BCUT2D eigenvalue weighted by atomic mass is 10.0. The summed E-state index contributed by atoms with van der Waals surface area (Å²) in [5.41, 5.74) is 2.90. The summed E-state index contributed by atoms with van der Waals surface area (Å²) in [4.78, 5) is 13.2. The molecule has 0 radical (unpaired) electrons. The highest BCUT2D eigenvalue weighted by molar-refractivity contribution is 6.74. The van der Waals surface area contributed by atoms with E-state index in [9.17, 15) is 10.1 Å². The Morgan fingerprint density at radius 2 is 1.94 bits per heavy atom. The number of nitrogens with zero attached hydrogens (tertiary/aromatic N) is 2. The molecule has 0 N–H and O–H groups in total. The van der Waals surface area contributed by atoms with Gasteiger partial charge in [-0.1, -0.05) is 39.0 Å². The zero-order valence-corrected chi connectivity index (χ0v) is 20.5. The lowest BCUT2D eigenvalue weighted by molar-refractivity contribution is -0.384. The van der Waals surface area contributed by atoms with Gasteiger partial charge < -0.3 is 9.16 Å². The lowest BCUT2D eigenvalue weighted by Gasteiger charge is -2.38. The van der Waals surface area contributed by atoms with Gasteiger partial charge in [-0.25, -0.2) is 0 Å². The van der Waals surface area contributed by atoms with Crippen LogP contribution in [-0.4, -0.2) is 44.4 Å². The van der Waals surface area contributed by atoms with Crippen molar-refractivity contribution in [1.29, 1.82) is 0 Å². The van der Waals surface area contributed by atoms with Gasteiger partial charge in [0.25, 0.3) is 5.69 Å². The van der Waals surface area contributed by atoms with E-state index in [-0.39, 0.29) is 21.8 Å². The number of methoxy groups -OCH3 is 1. The third-order valence-electron chi connectivity index (χ3n) is 6.53. The van der Waals surface area contributed by atoms with Gasteiger partial charge in [-0.3, -0.25) is 15.0 Å². The van der Waals surface area contributed by atoms with E-state index in [0.29, 0.717) is 5.75 Å². The van der Waals surface area contributed by atoms with Crippen LogP contribution in [0, 0.1) is 10.1 Å². The predicted molar refractivity (Wildman–Crippen MR) is 127 cm³/mol. The summed E-state index contributed by atoms with van der Waals surface area (Å²) in [6.07, 6.45) is 1.34. The largest absolute Gasteiger partial charge is 0.496 e. The third-order valence-corrected chi connectivity index (χ3v) is 11.1. The maximum absolute atomic E-state index is 11.2. The Hall–Kier alpha value is -2.22. The van der Waals surface area contributed by atoms with Gasteiger partial charge in [0, 0.05) is 37.3 Å². The molecule has 168 valence electrons. The summed E-state index contributed by atoms with van der Waals surface area (Å²) in [6, 6.07) is 12.8. The molecule has 0 bridgehead atoms. The van der Waals surface area contributed by atoms with E-state index in [0.717, 1.165) is 42.7 Å². The fourth-order valence-corrected chi connectivity index (χ4v) is 5.13. The lowest BCUT2D eigenvalue weighted by Crippen LogP contribution is -2.44. The molecule has 7 heteroatoms. The highest BCUT2D eigenvalue weighted by Crippen LogP contribution is 2.38. The minimum absolute atomic E-state index is 0.0788. The summed E-state index contributed by atoms with van der Waals surface area (Å²) in [5.74, 6) is 0.713. The van der Waals surface area contributed by atoms with Crippen LogP contribution in [0.3, 0.4) is 0 Å². The normalized spacial score (nSPS) is 17.7. The number of hydrogen-bond acceptors (Lipinski definition) is 5. The Kier molecular flexibility index (Phi) is 6.88. The van der Waals surface area contributed by atoms with Gasteiger partial charge in [-0.05, 0) is 47.8 Å². The molecule has 0 amide bonds. The second-order valence-electron chi connectivity index (χ2n) is 9.87. The van der Waals surface area contributed by atoms with Crippen LogP contribution in [0.15, 0.2) is 42.5 Å². The van der Waals surface area contributed by atoms with Crippen molar-refractivity contribution >= 4 is 14.0 Å². The minimum Gasteiger partial charge on any atom is -0.496 e. The first-order chi connectivity index (χ1) is 14.5. The van der Waals surface area contributed by atoms with Crippen molar-refractivity contribution < 1.29 is 14.1 Å². The van der Waals surface area contributed by atoms with Crippen molar-refractivity contribution in [2.75, 3.05) is 20.2 Å². The van der Waals surface area contributed by atoms with Gasteiger partial charge >= 0.3 is 0 Å². The number of non-ortho nitro benzene ring substituents is 1. The van der Waals surface area contributed by atoms with Crippen LogP contribution in [0.1, 0.15) is 32.8 Å². The van der Waals surface area contributed by atoms with Gasteiger partial charge in [0.05, 0.1) is 18.1 Å². The Bertz CT molecular complexity index is 939. The zero-order chi connectivity index (χ0) is 22.8. The van der Waals surface area contributed by atoms with E-state index in [4.69, 9.17) is 9.16 Å². The van der Waals surface area contributed by atoms with E-state index in [1.807, 2.05) is 12.1 Å². The maximum atomic E-state index is 11.2. The molecular weight excluding hydrogens is 408 g/mol. The van der Waals surface area contributed by atoms with Crippen LogP contribution in [0.4, 0.5) is 5.69 Å². The fraction of sp³-hybridized carbons (Fsp3) is 0.500. The smallest absolute Gasteiger partial charge is 0.270 e. The van der Waals surface area contributed by atoms with Crippen LogP contribution in [0.25, 0.3) is 11.1 Å². The SMILES string of the molecule is COc1ccc(CN2CC[C@H](O[Si](C)(C)C(C)(C)C)C2)cc1-c1cccc([N+](=O)[O-])c1. The quantitative estimate of drug-likeness (QED) is 0.305. The summed E-state index contributed by atoms with van der Waals surface area (Å²) in [7, 11) is -0.146. The second kappa shape index (κ2) is 9.10. The summed E-state index contributed by atoms with van der Waals surface area (Å²) in [6.45, 7) is 14.2. The van der Waals surface area contributed by atoms with Crippen LogP contribution in [0.2, 0.25) is 18.1 Å². The molecule has 31 heavy (non-hydrogen) atoms. The average molecular weight is 443 g/mol. The van der Waals surface area contributed by atoms with Crippen molar-refractivity contribution in [2.24, 2.45) is 0 Å². The van der Waals surface area contributed by atoms with Crippen LogP contribution < -0.4 is 4.74 Å². The molecule has 1 fully saturated rings. The highest BCUT2D eigenvalue weighted by atomic mass is 28.4. The van der Waals surface area contributed by atoms with Gasteiger partial charge in [0.1, 0.15) is 5.75 Å². The third kappa shape index (κ3) is 5.53. The Balaban J connectivity index is 1.74. The molecule has 2 aromatic rings. The second-order valence-corrected chi connectivity index (χ2v) is 14.6. The van der Waals surface area contributed by atoms with Gasteiger partial charge in [0.2, 0.25) is 0 Å². The van der Waals surface area contributed by atoms with Gasteiger partial charge in [-0.15, -0.1) is 0 Å². The standard InChI is InChI=1S/C24H34N2O4Si/c1-24(2,3)31(5,6)30-21-12-13-25(17-21)16-18-10-11-23(29-4)22(14-18)19-8-7-9-20(15-19)26(27)28/h7-11,14-15,21H,12-13,16-17H2,1-6H3/t21-/m0/s1. The Morgan fingerprint density at radius 3 is 2.58 bits per heavy atom. The molecule has 6 nitrogen and oxygen atoms in total. The summed E-state index contributed by atoms with van der Waals surface area (Å²) in [5, 5.41) is 11.4. The van der Waals surface area contributed by atoms with Crippen LogP contribution in [0.5, 0.6) is 5.75 Å². The van der Waals surface area contributed by atoms with E-state index >= 15 is 0 Å². The number of likely N-dealkylation sites (tertiary alicyclic amines) is 1. The first-order valence-electron chi connectivity index (χ1n) is 10.8. The van der Waals surface area contributed by atoms with E-state index in [2.05, 4.69) is 50.9 Å². The molecule has 3 rings (SSSR count). The molecule has 0 unspecified atom stereocenters. The monoisotopic (exact) mass is 442 g/mol. The molecule has 0 aromatic heterocycles. The van der Waals surface area contributed by atoms with Gasteiger partial charge in [0.15, 0.2) is 8.32 Å². The van der Waals surface area contributed by atoms with E-state index in [1.54, 1.807) is 19.2 Å². The first kappa shape index (κ1) is 23.4. The molecular formula is C24H34N2O4Si. The zero-order valence-electron chi connectivity index (χ0n) is 19.5. The van der Waals surface area contributed by atoms with E-state index < -0.39 is 8.32 Å². The average Bonchev–Trinajstić information content (AvgIpc) is 3.13.